The highest BCUT2D eigenvalue weighted by Gasteiger charge is 2.27. The summed E-state index contributed by atoms with van der Waals surface area (Å²) in [7, 11) is 0. The summed E-state index contributed by atoms with van der Waals surface area (Å²) in [5, 5.41) is 0. The van der Waals surface area contributed by atoms with Crippen LogP contribution in [0.3, 0.4) is 0 Å². The van der Waals surface area contributed by atoms with Crippen LogP contribution in [0.4, 0.5) is 17.6 Å². The number of ether oxygens (including phenoxy) is 1. The predicted molar refractivity (Wildman–Crippen MR) is 107 cm³/mol. The van der Waals surface area contributed by atoms with Crippen LogP contribution in [0.25, 0.3) is 11.1 Å². The molecule has 0 aliphatic heterocycles. The minimum absolute atomic E-state index is 0.0384. The van der Waals surface area contributed by atoms with Crippen molar-refractivity contribution < 1.29 is 22.3 Å². The molecule has 3 rings (SSSR count). The molecule has 1 aliphatic rings. The van der Waals surface area contributed by atoms with Crippen LogP contribution in [-0.2, 0) is 0 Å². The molecule has 0 unspecified atom stereocenters. The first-order chi connectivity index (χ1) is 14.0. The molecule has 0 bridgehead atoms. The topological polar surface area (TPSA) is 9.23 Å². The van der Waals surface area contributed by atoms with Gasteiger partial charge in [0.2, 0.25) is 5.82 Å². The van der Waals surface area contributed by atoms with Gasteiger partial charge in [-0.15, -0.1) is 6.58 Å². The second kappa shape index (κ2) is 9.47. The fourth-order valence-corrected chi connectivity index (χ4v) is 4.07. The van der Waals surface area contributed by atoms with Gasteiger partial charge in [-0.1, -0.05) is 31.6 Å². The van der Waals surface area contributed by atoms with E-state index in [2.05, 4.69) is 13.5 Å². The maximum Gasteiger partial charge on any atom is 0.201 e. The maximum atomic E-state index is 14.8. The van der Waals surface area contributed by atoms with Gasteiger partial charge >= 0.3 is 0 Å². The highest BCUT2D eigenvalue weighted by atomic mass is 19.2. The molecule has 0 N–H and O–H groups in total. The monoisotopic (exact) mass is 406 g/mol. The van der Waals surface area contributed by atoms with Crippen molar-refractivity contribution >= 4 is 0 Å². The summed E-state index contributed by atoms with van der Waals surface area (Å²) in [6, 6.07) is 5.30. The lowest BCUT2D eigenvalue weighted by atomic mass is 9.77. The molecule has 1 saturated carbocycles. The van der Waals surface area contributed by atoms with E-state index in [1.54, 1.807) is 6.08 Å². The summed E-state index contributed by atoms with van der Waals surface area (Å²) in [4.78, 5) is 0. The maximum absolute atomic E-state index is 14.8. The highest BCUT2D eigenvalue weighted by molar-refractivity contribution is 5.66. The summed E-state index contributed by atoms with van der Waals surface area (Å²) < 4.78 is 63.6. The molecule has 0 spiro atoms. The van der Waals surface area contributed by atoms with Gasteiger partial charge in [0.05, 0.1) is 6.61 Å². The molecular formula is C24H26F4O. The fraction of sp³-hybridized carbons (Fsp3) is 0.417. The van der Waals surface area contributed by atoms with E-state index in [0.29, 0.717) is 17.9 Å². The van der Waals surface area contributed by atoms with E-state index in [0.717, 1.165) is 32.1 Å². The molecule has 5 heteroatoms. The molecule has 2 aromatic carbocycles. The Hall–Kier alpha value is -2.30. The summed E-state index contributed by atoms with van der Waals surface area (Å²) in [5.74, 6) is -4.24. The molecule has 0 aromatic heterocycles. The van der Waals surface area contributed by atoms with Crippen LogP contribution in [0.2, 0.25) is 0 Å². The van der Waals surface area contributed by atoms with Gasteiger partial charge in [0.1, 0.15) is 0 Å². The summed E-state index contributed by atoms with van der Waals surface area (Å²) in [6.07, 6.45) is 6.79. The molecule has 29 heavy (non-hydrogen) atoms. The molecule has 156 valence electrons. The van der Waals surface area contributed by atoms with Crippen molar-refractivity contribution in [2.24, 2.45) is 5.92 Å². The molecule has 0 amide bonds. The van der Waals surface area contributed by atoms with Crippen molar-refractivity contribution in [2.75, 3.05) is 6.61 Å². The van der Waals surface area contributed by atoms with E-state index < -0.39 is 23.3 Å². The summed E-state index contributed by atoms with van der Waals surface area (Å²) >= 11 is 0. The van der Waals surface area contributed by atoms with E-state index in [1.807, 2.05) is 0 Å². The molecule has 2 aromatic rings. The minimum atomic E-state index is -1.25. The van der Waals surface area contributed by atoms with Gasteiger partial charge in [-0.05, 0) is 61.6 Å². The molecule has 0 heterocycles. The van der Waals surface area contributed by atoms with Crippen molar-refractivity contribution in [2.45, 2.75) is 51.4 Å². The lowest BCUT2D eigenvalue weighted by Gasteiger charge is -2.28. The zero-order chi connectivity index (χ0) is 21.0. The van der Waals surface area contributed by atoms with Gasteiger partial charge < -0.3 is 4.74 Å². The number of hydrogen-bond donors (Lipinski definition) is 0. The van der Waals surface area contributed by atoms with Crippen LogP contribution >= 0.6 is 0 Å². The normalized spacial score (nSPS) is 19.2. The van der Waals surface area contributed by atoms with Crippen molar-refractivity contribution in [3.05, 3.63) is 65.8 Å². The highest BCUT2D eigenvalue weighted by Crippen LogP contribution is 2.40. The third-order valence-corrected chi connectivity index (χ3v) is 5.89. The van der Waals surface area contributed by atoms with Crippen LogP contribution < -0.4 is 4.74 Å². The van der Waals surface area contributed by atoms with E-state index in [4.69, 9.17) is 4.74 Å². The second-order valence-electron chi connectivity index (χ2n) is 7.62. The molecule has 1 fully saturated rings. The largest absolute Gasteiger partial charge is 0.490 e. The van der Waals surface area contributed by atoms with Crippen LogP contribution in [0.15, 0.2) is 36.9 Å². The summed E-state index contributed by atoms with van der Waals surface area (Å²) in [6.45, 7) is 5.82. The van der Waals surface area contributed by atoms with Crippen LogP contribution in [0, 0.1) is 29.2 Å². The van der Waals surface area contributed by atoms with E-state index in [9.17, 15) is 17.6 Å². The Morgan fingerprint density at radius 3 is 2.14 bits per heavy atom. The van der Waals surface area contributed by atoms with Gasteiger partial charge in [0.15, 0.2) is 23.2 Å². The Morgan fingerprint density at radius 2 is 1.52 bits per heavy atom. The van der Waals surface area contributed by atoms with Crippen LogP contribution in [-0.4, -0.2) is 6.61 Å². The fourth-order valence-electron chi connectivity index (χ4n) is 4.07. The van der Waals surface area contributed by atoms with Crippen molar-refractivity contribution in [3.8, 4) is 16.9 Å². The van der Waals surface area contributed by atoms with Crippen molar-refractivity contribution in [1.82, 2.24) is 0 Å². The second-order valence-corrected chi connectivity index (χ2v) is 7.62. The number of rotatable bonds is 7. The van der Waals surface area contributed by atoms with Crippen molar-refractivity contribution in [3.63, 3.8) is 0 Å². The third kappa shape index (κ3) is 4.49. The predicted octanol–water partition coefficient (Wildman–Crippen LogP) is 7.55. The van der Waals surface area contributed by atoms with Crippen LogP contribution in [0.5, 0.6) is 5.75 Å². The van der Waals surface area contributed by atoms with Crippen molar-refractivity contribution in [1.29, 1.82) is 0 Å². The van der Waals surface area contributed by atoms with Gasteiger partial charge in [0, 0.05) is 11.1 Å². The molecule has 1 aliphatic carbocycles. The lowest BCUT2D eigenvalue weighted by molar-refractivity contribution is 0.302. The third-order valence-electron chi connectivity index (χ3n) is 5.89. The number of hydrogen-bond acceptors (Lipinski definition) is 1. The van der Waals surface area contributed by atoms with E-state index >= 15 is 0 Å². The Morgan fingerprint density at radius 1 is 0.897 bits per heavy atom. The van der Waals surface area contributed by atoms with Gasteiger partial charge in [-0.3, -0.25) is 0 Å². The molecule has 0 radical (unpaired) electrons. The van der Waals surface area contributed by atoms with Gasteiger partial charge in [-0.25, -0.2) is 13.2 Å². The average Bonchev–Trinajstić information content (AvgIpc) is 2.74. The molecule has 1 nitrogen and oxygen atoms in total. The molecular weight excluding hydrogens is 380 g/mol. The Labute approximate surface area is 169 Å². The summed E-state index contributed by atoms with van der Waals surface area (Å²) in [5.41, 5.74) is -0.287. The van der Waals surface area contributed by atoms with E-state index in [1.165, 1.54) is 24.3 Å². The van der Waals surface area contributed by atoms with Gasteiger partial charge in [-0.2, -0.15) is 4.39 Å². The minimum Gasteiger partial charge on any atom is -0.490 e. The first-order valence-corrected chi connectivity index (χ1v) is 10.2. The zero-order valence-electron chi connectivity index (χ0n) is 16.6. The SMILES string of the molecule is C=CCCOc1ccc(-c2ccc(C3CCC(CC)CC3)c(F)c2F)c(F)c1F. The van der Waals surface area contributed by atoms with Gasteiger partial charge in [0.25, 0.3) is 0 Å². The first-order valence-electron chi connectivity index (χ1n) is 10.2. The first kappa shape index (κ1) is 21.4. The number of halogens is 4. The lowest BCUT2D eigenvalue weighted by Crippen LogP contribution is -2.14. The Kier molecular flexibility index (Phi) is 6.99. The quantitative estimate of drug-likeness (QED) is 0.262. The number of benzene rings is 2. The standard InChI is InChI=1S/C24H26F4O/c1-3-5-14-29-20-13-12-19(23(27)24(20)28)18-11-10-17(21(25)22(18)26)16-8-6-15(4-2)7-9-16/h3,10-13,15-16H,1,4-9,14H2,2H3. The van der Waals surface area contributed by atoms with E-state index in [-0.39, 0.29) is 29.4 Å². The molecule has 0 saturated heterocycles. The Balaban J connectivity index is 1.87. The molecule has 0 atom stereocenters. The zero-order valence-corrected chi connectivity index (χ0v) is 16.6. The average molecular weight is 406 g/mol. The Bertz CT molecular complexity index is 870. The smallest absolute Gasteiger partial charge is 0.201 e. The van der Waals surface area contributed by atoms with Crippen LogP contribution in [0.1, 0.15) is 56.9 Å².